The third-order valence-electron chi connectivity index (χ3n) is 2.68. The molecule has 1 heterocycles. The largest absolute Gasteiger partial charge is 0.390 e. The van der Waals surface area contributed by atoms with Gasteiger partial charge in [-0.15, -0.1) is 11.6 Å². The van der Waals surface area contributed by atoms with Crippen molar-refractivity contribution in [3.8, 4) is 0 Å². The zero-order valence-electron chi connectivity index (χ0n) is 11.1. The standard InChI is InChI=1S/C8H8Cl2N2.C6H10ClN/c9-7-2-1-6(4-12-5-11)8(10)3-7;1-5-4-6(7)2-3-8-5/h1-3,5H,4H2,(H2,11,12);6,8H,1-4H2/t;6-/m.0/s1. The Hall–Kier alpha value is -0.900. The lowest BCUT2D eigenvalue weighted by atomic mass is 10.1. The molecule has 0 radical (unpaired) electrons. The van der Waals surface area contributed by atoms with Crippen LogP contribution >= 0.6 is 34.8 Å². The summed E-state index contributed by atoms with van der Waals surface area (Å²) >= 11 is 17.4. The second kappa shape index (κ2) is 9.11. The zero-order chi connectivity index (χ0) is 15.0. The smallest absolute Gasteiger partial charge is 0.0801 e. The molecule has 3 nitrogen and oxygen atoms in total. The van der Waals surface area contributed by atoms with Crippen LogP contribution in [0.1, 0.15) is 18.4 Å². The van der Waals surface area contributed by atoms with E-state index in [1.54, 1.807) is 12.1 Å². The van der Waals surface area contributed by atoms with Crippen molar-refractivity contribution in [1.82, 2.24) is 5.32 Å². The fraction of sp³-hybridized carbons (Fsp3) is 0.357. The van der Waals surface area contributed by atoms with Gasteiger partial charge in [-0.3, -0.25) is 4.99 Å². The molecule has 0 saturated carbocycles. The lowest BCUT2D eigenvalue weighted by Crippen LogP contribution is -2.25. The Morgan fingerprint density at radius 1 is 1.45 bits per heavy atom. The maximum atomic E-state index is 5.87. The van der Waals surface area contributed by atoms with Crippen LogP contribution in [0.4, 0.5) is 0 Å². The van der Waals surface area contributed by atoms with Crippen LogP contribution < -0.4 is 11.1 Å². The van der Waals surface area contributed by atoms with Crippen molar-refractivity contribution in [2.45, 2.75) is 24.8 Å². The van der Waals surface area contributed by atoms with Crippen molar-refractivity contribution >= 4 is 41.1 Å². The van der Waals surface area contributed by atoms with Crippen LogP contribution in [0.3, 0.4) is 0 Å². The van der Waals surface area contributed by atoms with E-state index in [0.717, 1.165) is 30.6 Å². The summed E-state index contributed by atoms with van der Waals surface area (Å²) in [5.74, 6) is 0. The van der Waals surface area contributed by atoms with Gasteiger partial charge in [0.15, 0.2) is 0 Å². The van der Waals surface area contributed by atoms with E-state index in [1.807, 2.05) is 6.07 Å². The molecule has 0 amide bonds. The van der Waals surface area contributed by atoms with E-state index >= 15 is 0 Å². The molecule has 0 aromatic heterocycles. The molecule has 1 aliphatic heterocycles. The minimum absolute atomic E-state index is 0.323. The predicted octanol–water partition coefficient (Wildman–Crippen LogP) is 3.97. The summed E-state index contributed by atoms with van der Waals surface area (Å²) in [6, 6.07) is 5.29. The molecular weight excluding hydrogens is 317 g/mol. The number of rotatable bonds is 2. The second-order valence-electron chi connectivity index (χ2n) is 4.35. The number of alkyl halides is 1. The first-order valence-electron chi connectivity index (χ1n) is 6.22. The van der Waals surface area contributed by atoms with Gasteiger partial charge >= 0.3 is 0 Å². The molecule has 0 bridgehead atoms. The first-order chi connectivity index (χ1) is 9.52. The molecule has 20 heavy (non-hydrogen) atoms. The van der Waals surface area contributed by atoms with Gasteiger partial charge in [0.2, 0.25) is 0 Å². The van der Waals surface area contributed by atoms with E-state index in [0.29, 0.717) is 22.0 Å². The number of nitrogens with two attached hydrogens (primary N) is 1. The summed E-state index contributed by atoms with van der Waals surface area (Å²) in [7, 11) is 0. The third-order valence-corrected chi connectivity index (χ3v) is 3.64. The van der Waals surface area contributed by atoms with E-state index in [2.05, 4.69) is 16.9 Å². The highest BCUT2D eigenvalue weighted by Crippen LogP contribution is 2.21. The molecule has 1 aromatic rings. The van der Waals surface area contributed by atoms with E-state index in [4.69, 9.17) is 40.5 Å². The van der Waals surface area contributed by atoms with Gasteiger partial charge in [-0.25, -0.2) is 0 Å². The van der Waals surface area contributed by atoms with Crippen molar-refractivity contribution in [3.05, 3.63) is 46.1 Å². The van der Waals surface area contributed by atoms with Gasteiger partial charge in [-0.2, -0.15) is 0 Å². The topological polar surface area (TPSA) is 50.4 Å². The Kier molecular flexibility index (Phi) is 7.82. The van der Waals surface area contributed by atoms with E-state index in [9.17, 15) is 0 Å². The molecule has 1 aliphatic rings. The third kappa shape index (κ3) is 6.51. The Balaban J connectivity index is 0.000000217. The van der Waals surface area contributed by atoms with Crippen molar-refractivity contribution in [3.63, 3.8) is 0 Å². The average Bonchev–Trinajstić information content (AvgIpc) is 2.38. The van der Waals surface area contributed by atoms with Crippen molar-refractivity contribution in [1.29, 1.82) is 0 Å². The molecule has 0 unspecified atom stereocenters. The zero-order valence-corrected chi connectivity index (χ0v) is 13.3. The van der Waals surface area contributed by atoms with Gasteiger partial charge in [-0.05, 0) is 24.1 Å². The number of allylic oxidation sites excluding steroid dienone is 1. The summed E-state index contributed by atoms with van der Waals surface area (Å²) in [5, 5.41) is 4.70. The average molecular weight is 335 g/mol. The van der Waals surface area contributed by atoms with Crippen LogP contribution in [0.2, 0.25) is 10.0 Å². The highest BCUT2D eigenvalue weighted by atomic mass is 35.5. The number of nitrogens with zero attached hydrogens (tertiary/aromatic N) is 1. The highest BCUT2D eigenvalue weighted by molar-refractivity contribution is 6.35. The molecule has 1 atom stereocenters. The normalized spacial score (nSPS) is 18.4. The number of benzene rings is 1. The first kappa shape index (κ1) is 17.2. The Morgan fingerprint density at radius 3 is 2.70 bits per heavy atom. The van der Waals surface area contributed by atoms with Gasteiger partial charge in [0, 0.05) is 34.1 Å². The number of nitrogens with one attached hydrogen (secondary N) is 1. The predicted molar refractivity (Wildman–Crippen MR) is 88.9 cm³/mol. The maximum absolute atomic E-state index is 5.87. The molecule has 110 valence electrons. The van der Waals surface area contributed by atoms with Crippen LogP contribution in [-0.2, 0) is 6.54 Å². The number of hydrogen-bond acceptors (Lipinski definition) is 2. The van der Waals surface area contributed by atoms with Gasteiger partial charge in [0.05, 0.1) is 12.9 Å². The van der Waals surface area contributed by atoms with Crippen LogP contribution in [0, 0.1) is 0 Å². The number of halogens is 3. The number of piperidine rings is 1. The molecule has 3 N–H and O–H groups in total. The van der Waals surface area contributed by atoms with Crippen LogP contribution in [-0.4, -0.2) is 18.3 Å². The fourth-order valence-electron chi connectivity index (χ4n) is 1.65. The van der Waals surface area contributed by atoms with E-state index < -0.39 is 0 Å². The minimum atomic E-state index is 0.323. The Labute approximate surface area is 134 Å². The molecule has 1 fully saturated rings. The maximum Gasteiger partial charge on any atom is 0.0801 e. The summed E-state index contributed by atoms with van der Waals surface area (Å²) in [4.78, 5) is 3.86. The molecular formula is C14H18Cl3N3. The second-order valence-corrected chi connectivity index (χ2v) is 5.81. The molecule has 1 aromatic carbocycles. The van der Waals surface area contributed by atoms with Gasteiger partial charge in [-0.1, -0.05) is 35.8 Å². The lowest BCUT2D eigenvalue weighted by Gasteiger charge is -2.19. The monoisotopic (exact) mass is 333 g/mol. The van der Waals surface area contributed by atoms with E-state index in [1.165, 1.54) is 6.34 Å². The molecule has 6 heteroatoms. The van der Waals surface area contributed by atoms with E-state index in [-0.39, 0.29) is 0 Å². The molecule has 1 saturated heterocycles. The summed E-state index contributed by atoms with van der Waals surface area (Å²) in [6.07, 6.45) is 3.26. The molecule has 0 aliphatic carbocycles. The first-order valence-corrected chi connectivity index (χ1v) is 7.42. The van der Waals surface area contributed by atoms with Crippen molar-refractivity contribution in [2.24, 2.45) is 10.7 Å². The number of hydrogen-bond donors (Lipinski definition) is 2. The number of aliphatic imine (C=N–C) groups is 1. The Bertz CT molecular complexity index is 475. The minimum Gasteiger partial charge on any atom is -0.390 e. The highest BCUT2D eigenvalue weighted by Gasteiger charge is 2.10. The quantitative estimate of drug-likeness (QED) is 0.488. The Morgan fingerprint density at radius 2 is 2.20 bits per heavy atom. The SMILES string of the molecule is C=C1C[C@@H](Cl)CCN1.NC=NCc1ccc(Cl)cc1Cl. The summed E-state index contributed by atoms with van der Waals surface area (Å²) in [5.41, 5.74) is 7.09. The van der Waals surface area contributed by atoms with Crippen LogP contribution in [0.5, 0.6) is 0 Å². The van der Waals surface area contributed by atoms with Crippen LogP contribution in [0.15, 0.2) is 35.5 Å². The van der Waals surface area contributed by atoms with Gasteiger partial charge in [0.25, 0.3) is 0 Å². The van der Waals surface area contributed by atoms with Gasteiger partial charge < -0.3 is 11.1 Å². The fourth-order valence-corrected chi connectivity index (χ4v) is 2.41. The van der Waals surface area contributed by atoms with Gasteiger partial charge in [0.1, 0.15) is 0 Å². The van der Waals surface area contributed by atoms with Crippen LogP contribution in [0.25, 0.3) is 0 Å². The lowest BCUT2D eigenvalue weighted by molar-refractivity contribution is 0.597. The summed E-state index contributed by atoms with van der Waals surface area (Å²) in [6.45, 7) is 5.25. The molecule has 0 spiro atoms. The summed E-state index contributed by atoms with van der Waals surface area (Å²) < 4.78 is 0. The molecule has 2 rings (SSSR count). The van der Waals surface area contributed by atoms with Crippen molar-refractivity contribution < 1.29 is 0 Å². The van der Waals surface area contributed by atoms with Crippen molar-refractivity contribution in [2.75, 3.05) is 6.54 Å².